The lowest BCUT2D eigenvalue weighted by Crippen LogP contribution is -2.38. The standard InChI is InChI=1S/C14H28N2/c1-14(8-5-9-14)12-15-10-4-7-13-6-2-3-11-16-13/h13,15-16H,2-12H2,1H3. The molecule has 0 aromatic carbocycles. The summed E-state index contributed by atoms with van der Waals surface area (Å²) in [5.41, 5.74) is 0.642. The molecule has 0 aromatic heterocycles. The normalized spacial score (nSPS) is 28.7. The second-order valence-corrected chi connectivity index (χ2v) is 6.13. The number of hydrogen-bond acceptors (Lipinski definition) is 2. The van der Waals surface area contributed by atoms with Gasteiger partial charge in [0, 0.05) is 12.6 Å². The summed E-state index contributed by atoms with van der Waals surface area (Å²) in [4.78, 5) is 0. The van der Waals surface area contributed by atoms with Crippen LogP contribution in [0.2, 0.25) is 0 Å². The van der Waals surface area contributed by atoms with E-state index in [0.29, 0.717) is 5.41 Å². The number of rotatable bonds is 6. The van der Waals surface area contributed by atoms with Crippen LogP contribution in [0.25, 0.3) is 0 Å². The van der Waals surface area contributed by atoms with E-state index in [2.05, 4.69) is 17.6 Å². The van der Waals surface area contributed by atoms with E-state index in [1.807, 2.05) is 0 Å². The Kier molecular flexibility index (Phi) is 4.66. The second kappa shape index (κ2) is 6.02. The summed E-state index contributed by atoms with van der Waals surface area (Å²) in [5, 5.41) is 7.26. The summed E-state index contributed by atoms with van der Waals surface area (Å²) < 4.78 is 0. The minimum atomic E-state index is 0.642. The average Bonchev–Trinajstić information content (AvgIpc) is 2.28. The summed E-state index contributed by atoms with van der Waals surface area (Å²) in [6, 6.07) is 0.815. The third-order valence-electron chi connectivity index (χ3n) is 4.43. The van der Waals surface area contributed by atoms with E-state index in [9.17, 15) is 0 Å². The Bertz CT molecular complexity index is 193. The first-order valence-electron chi connectivity index (χ1n) is 7.23. The van der Waals surface area contributed by atoms with Crippen molar-refractivity contribution in [1.29, 1.82) is 0 Å². The third-order valence-corrected chi connectivity index (χ3v) is 4.43. The molecule has 2 fully saturated rings. The smallest absolute Gasteiger partial charge is 0.00675 e. The van der Waals surface area contributed by atoms with Crippen LogP contribution in [0.5, 0.6) is 0 Å². The molecule has 1 aliphatic carbocycles. The zero-order valence-electron chi connectivity index (χ0n) is 10.9. The topological polar surface area (TPSA) is 24.1 Å². The van der Waals surface area contributed by atoms with Crippen molar-refractivity contribution in [2.75, 3.05) is 19.6 Å². The number of nitrogens with one attached hydrogen (secondary N) is 2. The lowest BCUT2D eigenvalue weighted by atomic mass is 9.70. The van der Waals surface area contributed by atoms with E-state index in [-0.39, 0.29) is 0 Å². The van der Waals surface area contributed by atoms with E-state index in [1.165, 1.54) is 71.0 Å². The average molecular weight is 224 g/mol. The Labute approximate surface area is 101 Å². The molecule has 1 heterocycles. The fourth-order valence-corrected chi connectivity index (χ4v) is 2.99. The van der Waals surface area contributed by atoms with E-state index in [0.717, 1.165) is 6.04 Å². The van der Waals surface area contributed by atoms with Crippen LogP contribution in [0.1, 0.15) is 58.3 Å². The Hall–Kier alpha value is -0.0800. The highest BCUT2D eigenvalue weighted by Crippen LogP contribution is 2.39. The molecule has 0 bridgehead atoms. The van der Waals surface area contributed by atoms with Gasteiger partial charge < -0.3 is 10.6 Å². The van der Waals surface area contributed by atoms with Gasteiger partial charge in [-0.25, -0.2) is 0 Å². The van der Waals surface area contributed by atoms with Gasteiger partial charge in [-0.1, -0.05) is 19.8 Å². The largest absolute Gasteiger partial charge is 0.316 e. The molecule has 2 aliphatic rings. The molecule has 0 amide bonds. The van der Waals surface area contributed by atoms with E-state index < -0.39 is 0 Å². The molecule has 0 spiro atoms. The second-order valence-electron chi connectivity index (χ2n) is 6.13. The number of piperidine rings is 1. The minimum Gasteiger partial charge on any atom is -0.316 e. The van der Waals surface area contributed by atoms with Crippen molar-refractivity contribution < 1.29 is 0 Å². The van der Waals surface area contributed by atoms with Gasteiger partial charge in [-0.05, 0) is 57.0 Å². The molecular formula is C14H28N2. The molecule has 1 unspecified atom stereocenters. The van der Waals surface area contributed by atoms with Crippen molar-refractivity contribution in [2.24, 2.45) is 5.41 Å². The molecular weight excluding hydrogens is 196 g/mol. The predicted molar refractivity (Wildman–Crippen MR) is 69.7 cm³/mol. The van der Waals surface area contributed by atoms with Gasteiger partial charge in [0.2, 0.25) is 0 Å². The first kappa shape index (κ1) is 12.4. The first-order chi connectivity index (χ1) is 7.79. The molecule has 0 aromatic rings. The van der Waals surface area contributed by atoms with E-state index >= 15 is 0 Å². The molecule has 0 radical (unpaired) electrons. The predicted octanol–water partition coefficient (Wildman–Crippen LogP) is 2.69. The summed E-state index contributed by atoms with van der Waals surface area (Å²) in [6.45, 7) is 6.13. The molecule has 2 rings (SSSR count). The quantitative estimate of drug-likeness (QED) is 0.678. The van der Waals surface area contributed by atoms with Gasteiger partial charge in [0.25, 0.3) is 0 Å². The van der Waals surface area contributed by atoms with Crippen LogP contribution in [0.4, 0.5) is 0 Å². The van der Waals surface area contributed by atoms with Crippen LogP contribution in [0.15, 0.2) is 0 Å². The van der Waals surface area contributed by atoms with Crippen LogP contribution in [0, 0.1) is 5.41 Å². The highest BCUT2D eigenvalue weighted by molar-refractivity contribution is 4.85. The molecule has 2 N–H and O–H groups in total. The van der Waals surface area contributed by atoms with Gasteiger partial charge in [0.1, 0.15) is 0 Å². The zero-order chi connectivity index (χ0) is 11.3. The van der Waals surface area contributed by atoms with Crippen molar-refractivity contribution in [1.82, 2.24) is 10.6 Å². The summed E-state index contributed by atoms with van der Waals surface area (Å²) in [7, 11) is 0. The van der Waals surface area contributed by atoms with E-state index in [1.54, 1.807) is 0 Å². The molecule has 16 heavy (non-hydrogen) atoms. The molecule has 2 nitrogen and oxygen atoms in total. The molecule has 1 saturated heterocycles. The Balaban J connectivity index is 1.45. The molecule has 94 valence electrons. The molecule has 1 aliphatic heterocycles. The zero-order valence-corrected chi connectivity index (χ0v) is 10.9. The van der Waals surface area contributed by atoms with Gasteiger partial charge in [-0.15, -0.1) is 0 Å². The van der Waals surface area contributed by atoms with Crippen molar-refractivity contribution in [3.63, 3.8) is 0 Å². The van der Waals surface area contributed by atoms with Gasteiger partial charge >= 0.3 is 0 Å². The Morgan fingerprint density at radius 2 is 2.12 bits per heavy atom. The minimum absolute atomic E-state index is 0.642. The highest BCUT2D eigenvalue weighted by atomic mass is 14.9. The van der Waals surface area contributed by atoms with Crippen LogP contribution >= 0.6 is 0 Å². The molecule has 1 saturated carbocycles. The summed E-state index contributed by atoms with van der Waals surface area (Å²) in [6.07, 6.45) is 11.2. The SMILES string of the molecule is CC1(CNCCCC2CCCCN2)CCC1. The maximum Gasteiger partial charge on any atom is 0.00675 e. The monoisotopic (exact) mass is 224 g/mol. The van der Waals surface area contributed by atoms with Crippen molar-refractivity contribution >= 4 is 0 Å². The van der Waals surface area contributed by atoms with Gasteiger partial charge in [0.15, 0.2) is 0 Å². The maximum atomic E-state index is 3.64. The summed E-state index contributed by atoms with van der Waals surface area (Å²) in [5.74, 6) is 0. The van der Waals surface area contributed by atoms with Crippen molar-refractivity contribution in [3.8, 4) is 0 Å². The van der Waals surface area contributed by atoms with Gasteiger partial charge in [-0.2, -0.15) is 0 Å². The van der Waals surface area contributed by atoms with Crippen LogP contribution < -0.4 is 10.6 Å². The van der Waals surface area contributed by atoms with Crippen molar-refractivity contribution in [2.45, 2.75) is 64.3 Å². The lowest BCUT2D eigenvalue weighted by molar-refractivity contribution is 0.156. The molecule has 2 heteroatoms. The summed E-state index contributed by atoms with van der Waals surface area (Å²) >= 11 is 0. The van der Waals surface area contributed by atoms with Crippen LogP contribution in [-0.2, 0) is 0 Å². The van der Waals surface area contributed by atoms with Crippen LogP contribution in [0.3, 0.4) is 0 Å². The fourth-order valence-electron chi connectivity index (χ4n) is 2.99. The third kappa shape index (κ3) is 3.74. The van der Waals surface area contributed by atoms with Gasteiger partial charge in [0.05, 0.1) is 0 Å². The maximum absolute atomic E-state index is 3.64. The molecule has 1 atom stereocenters. The number of hydrogen-bond donors (Lipinski definition) is 2. The Morgan fingerprint density at radius 1 is 1.25 bits per heavy atom. The van der Waals surface area contributed by atoms with E-state index in [4.69, 9.17) is 0 Å². The van der Waals surface area contributed by atoms with Crippen LogP contribution in [-0.4, -0.2) is 25.7 Å². The first-order valence-corrected chi connectivity index (χ1v) is 7.23. The Morgan fingerprint density at radius 3 is 2.75 bits per heavy atom. The van der Waals surface area contributed by atoms with Gasteiger partial charge in [-0.3, -0.25) is 0 Å². The fraction of sp³-hybridized carbons (Fsp3) is 1.00. The highest BCUT2D eigenvalue weighted by Gasteiger charge is 2.30. The van der Waals surface area contributed by atoms with Crippen molar-refractivity contribution in [3.05, 3.63) is 0 Å². The lowest BCUT2D eigenvalue weighted by Gasteiger charge is -2.38.